The fraction of sp³-hybridized carbons (Fsp3) is 0.0714. The van der Waals surface area contributed by atoms with Gasteiger partial charge in [0.1, 0.15) is 0 Å². The summed E-state index contributed by atoms with van der Waals surface area (Å²) in [6.07, 6.45) is 1.67. The topological polar surface area (TPSA) is 22.0 Å². The van der Waals surface area contributed by atoms with E-state index < -0.39 is 11.6 Å². The summed E-state index contributed by atoms with van der Waals surface area (Å²) in [5, 5.41) is 2.50. The Labute approximate surface area is 111 Å². The number of fused-ring (bicyclic) bond motifs is 1. The summed E-state index contributed by atoms with van der Waals surface area (Å²) < 4.78 is 28.4. The van der Waals surface area contributed by atoms with Crippen LogP contribution in [-0.4, -0.2) is 4.57 Å². The quantitative estimate of drug-likeness (QED) is 0.703. The Morgan fingerprint density at radius 1 is 1.11 bits per heavy atom. The van der Waals surface area contributed by atoms with E-state index in [-0.39, 0.29) is 12.1 Å². The maximum absolute atomic E-state index is 13.1. The molecule has 0 spiro atoms. The van der Waals surface area contributed by atoms with Crippen molar-refractivity contribution >= 4 is 21.4 Å². The van der Waals surface area contributed by atoms with E-state index in [0.29, 0.717) is 10.9 Å². The molecule has 2 nitrogen and oxygen atoms in total. The van der Waals surface area contributed by atoms with Gasteiger partial charge in [-0.1, -0.05) is 6.07 Å². The molecular formula is C14H9F2NOS. The zero-order chi connectivity index (χ0) is 13.4. The molecule has 0 atom stereocenters. The first kappa shape index (κ1) is 12.0. The highest BCUT2D eigenvalue weighted by molar-refractivity contribution is 7.17. The average Bonchev–Trinajstić information content (AvgIpc) is 2.86. The minimum Gasteiger partial charge on any atom is -0.311 e. The van der Waals surface area contributed by atoms with E-state index in [1.54, 1.807) is 12.3 Å². The van der Waals surface area contributed by atoms with Gasteiger partial charge in [-0.15, -0.1) is 11.3 Å². The second-order valence-electron chi connectivity index (χ2n) is 4.20. The largest absolute Gasteiger partial charge is 0.311 e. The van der Waals surface area contributed by atoms with Crippen LogP contribution in [-0.2, 0) is 6.54 Å². The maximum Gasteiger partial charge on any atom is 0.259 e. The van der Waals surface area contributed by atoms with Gasteiger partial charge in [0.05, 0.1) is 11.9 Å². The third-order valence-corrected chi connectivity index (χ3v) is 3.81. The molecule has 0 radical (unpaired) electrons. The Bertz CT molecular complexity index is 807. The van der Waals surface area contributed by atoms with E-state index in [2.05, 4.69) is 0 Å². The zero-order valence-electron chi connectivity index (χ0n) is 9.77. The molecule has 5 heteroatoms. The minimum absolute atomic E-state index is 0.122. The summed E-state index contributed by atoms with van der Waals surface area (Å²) in [4.78, 5) is 12.1. The number of pyridine rings is 1. The predicted octanol–water partition coefficient (Wildman–Crippen LogP) is 3.39. The van der Waals surface area contributed by atoms with E-state index in [1.165, 1.54) is 22.0 Å². The normalized spacial score (nSPS) is 11.1. The third-order valence-electron chi connectivity index (χ3n) is 2.93. The summed E-state index contributed by atoms with van der Waals surface area (Å²) in [5.74, 6) is -1.79. The van der Waals surface area contributed by atoms with Gasteiger partial charge in [0.25, 0.3) is 5.56 Å². The lowest BCUT2D eigenvalue weighted by molar-refractivity contribution is 0.506. The first-order chi connectivity index (χ1) is 9.15. The van der Waals surface area contributed by atoms with Crippen molar-refractivity contribution < 1.29 is 8.78 Å². The van der Waals surface area contributed by atoms with Crippen molar-refractivity contribution in [2.45, 2.75) is 6.54 Å². The number of nitrogens with zero attached hydrogens (tertiary/aromatic N) is 1. The van der Waals surface area contributed by atoms with E-state index >= 15 is 0 Å². The average molecular weight is 277 g/mol. The van der Waals surface area contributed by atoms with Gasteiger partial charge in [-0.2, -0.15) is 0 Å². The van der Waals surface area contributed by atoms with E-state index in [1.807, 2.05) is 11.4 Å². The molecular weight excluding hydrogens is 268 g/mol. The molecule has 96 valence electrons. The molecule has 0 bridgehead atoms. The fourth-order valence-electron chi connectivity index (χ4n) is 1.97. The van der Waals surface area contributed by atoms with Crippen molar-refractivity contribution in [1.29, 1.82) is 0 Å². The van der Waals surface area contributed by atoms with E-state index in [0.717, 1.165) is 16.8 Å². The molecule has 0 unspecified atom stereocenters. The number of hydrogen-bond donors (Lipinski definition) is 0. The van der Waals surface area contributed by atoms with Crippen LogP contribution in [0.15, 0.2) is 46.7 Å². The molecule has 2 aromatic heterocycles. The Balaban J connectivity index is 2.03. The van der Waals surface area contributed by atoms with Crippen molar-refractivity contribution in [2.24, 2.45) is 0 Å². The first-order valence-electron chi connectivity index (χ1n) is 5.66. The minimum atomic E-state index is -0.901. The van der Waals surface area contributed by atoms with Crippen molar-refractivity contribution in [3.05, 3.63) is 69.5 Å². The first-order valence-corrected chi connectivity index (χ1v) is 6.54. The molecule has 0 saturated heterocycles. The summed E-state index contributed by atoms with van der Waals surface area (Å²) >= 11 is 1.50. The van der Waals surface area contributed by atoms with Crippen molar-refractivity contribution in [3.63, 3.8) is 0 Å². The number of thiophene rings is 1. The second-order valence-corrected chi connectivity index (χ2v) is 5.14. The van der Waals surface area contributed by atoms with Crippen molar-refractivity contribution in [1.82, 2.24) is 4.57 Å². The fourth-order valence-corrected chi connectivity index (χ4v) is 2.74. The third kappa shape index (κ3) is 2.17. The van der Waals surface area contributed by atoms with Gasteiger partial charge in [-0.05, 0) is 35.2 Å². The number of benzene rings is 1. The van der Waals surface area contributed by atoms with Crippen LogP contribution >= 0.6 is 11.3 Å². The summed E-state index contributed by atoms with van der Waals surface area (Å²) in [5.41, 5.74) is 0.430. The Morgan fingerprint density at radius 2 is 1.95 bits per heavy atom. The van der Waals surface area contributed by atoms with Gasteiger partial charge in [-0.25, -0.2) is 8.78 Å². The predicted molar refractivity (Wildman–Crippen MR) is 71.5 cm³/mol. The summed E-state index contributed by atoms with van der Waals surface area (Å²) in [7, 11) is 0. The molecule has 3 aromatic rings. The lowest BCUT2D eigenvalue weighted by Crippen LogP contribution is -2.19. The SMILES string of the molecule is O=c1c2ccsc2ccn1Cc1ccc(F)c(F)c1. The van der Waals surface area contributed by atoms with E-state index in [4.69, 9.17) is 0 Å². The standard InChI is InChI=1S/C14H9F2NOS/c15-11-2-1-9(7-12(11)16)8-17-5-3-13-10(14(17)18)4-6-19-13/h1-7H,8H2. The van der Waals surface area contributed by atoms with Crippen molar-refractivity contribution in [2.75, 3.05) is 0 Å². The lowest BCUT2D eigenvalue weighted by Gasteiger charge is -2.06. The molecule has 0 aliphatic rings. The molecule has 3 rings (SSSR count). The molecule has 0 saturated carbocycles. The van der Waals surface area contributed by atoms with Crippen LogP contribution in [0.3, 0.4) is 0 Å². The monoisotopic (exact) mass is 277 g/mol. The molecule has 19 heavy (non-hydrogen) atoms. The zero-order valence-corrected chi connectivity index (χ0v) is 10.6. The van der Waals surface area contributed by atoms with Crippen LogP contribution in [0.2, 0.25) is 0 Å². The highest BCUT2D eigenvalue weighted by atomic mass is 32.1. The van der Waals surface area contributed by atoms with Gasteiger partial charge in [0, 0.05) is 10.9 Å². The second kappa shape index (κ2) is 4.59. The maximum atomic E-state index is 13.1. The van der Waals surface area contributed by atoms with Gasteiger partial charge in [-0.3, -0.25) is 4.79 Å². The van der Waals surface area contributed by atoms with Gasteiger partial charge in [0.2, 0.25) is 0 Å². The van der Waals surface area contributed by atoms with Crippen LogP contribution < -0.4 is 5.56 Å². The van der Waals surface area contributed by atoms with Crippen LogP contribution in [0, 0.1) is 11.6 Å². The van der Waals surface area contributed by atoms with E-state index in [9.17, 15) is 13.6 Å². The Hall–Kier alpha value is -2.01. The number of hydrogen-bond acceptors (Lipinski definition) is 2. The molecule has 0 N–H and O–H groups in total. The van der Waals surface area contributed by atoms with Gasteiger partial charge in [0.15, 0.2) is 11.6 Å². The highest BCUT2D eigenvalue weighted by Gasteiger charge is 2.06. The molecule has 0 aliphatic heterocycles. The molecule has 2 heterocycles. The highest BCUT2D eigenvalue weighted by Crippen LogP contribution is 2.17. The summed E-state index contributed by atoms with van der Waals surface area (Å²) in [6.45, 7) is 0.224. The molecule has 1 aromatic carbocycles. The molecule has 0 aliphatic carbocycles. The molecule has 0 fully saturated rings. The Morgan fingerprint density at radius 3 is 2.74 bits per heavy atom. The van der Waals surface area contributed by atoms with Gasteiger partial charge >= 0.3 is 0 Å². The molecule has 0 amide bonds. The summed E-state index contributed by atoms with van der Waals surface area (Å²) in [6, 6.07) is 7.27. The smallest absolute Gasteiger partial charge is 0.259 e. The Kier molecular flexibility index (Phi) is 2.91. The lowest BCUT2D eigenvalue weighted by atomic mass is 10.2. The number of halogens is 2. The van der Waals surface area contributed by atoms with Gasteiger partial charge < -0.3 is 4.57 Å². The number of aromatic nitrogens is 1. The van der Waals surface area contributed by atoms with Crippen LogP contribution in [0.5, 0.6) is 0 Å². The van der Waals surface area contributed by atoms with Crippen molar-refractivity contribution in [3.8, 4) is 0 Å². The van der Waals surface area contributed by atoms with Crippen LogP contribution in [0.25, 0.3) is 10.1 Å². The van der Waals surface area contributed by atoms with Crippen LogP contribution in [0.4, 0.5) is 8.78 Å². The number of rotatable bonds is 2. The van der Waals surface area contributed by atoms with Crippen LogP contribution in [0.1, 0.15) is 5.56 Å².